The SMILES string of the molecule is O=C(CCOCCOCCOCCOCCOCCOCCOCCOCCOCCOCCOCCOCCOCCOCCOCCOCCOCCOCCOCCOCCOCCOCCOCCOCCOCCC(=O)ON1C(=O)CCC1=O)OC1C(=O)CCC1=O. The number of esters is 1. The molecule has 0 spiro atoms. The van der Waals surface area contributed by atoms with Crippen LogP contribution in [0.1, 0.15) is 38.5 Å². The molecular weight excluding hydrogens is 1300 g/mol. The molecule has 0 unspecified atom stereocenters. The van der Waals surface area contributed by atoms with Crippen molar-refractivity contribution in [3.8, 4) is 0 Å². The van der Waals surface area contributed by atoms with E-state index in [1.807, 2.05) is 0 Å². The summed E-state index contributed by atoms with van der Waals surface area (Å²) in [6.07, 6.45) is -1.03. The molecule has 0 atom stereocenters. The van der Waals surface area contributed by atoms with Crippen LogP contribution in [0.25, 0.3) is 0 Å². The van der Waals surface area contributed by atoms with Crippen molar-refractivity contribution in [2.75, 3.05) is 330 Å². The predicted octanol–water partition coefficient (Wildman–Crippen LogP) is -0.367. The molecule has 0 aromatic rings. The molecule has 0 N–H and O–H groups in total. The van der Waals surface area contributed by atoms with Crippen molar-refractivity contribution >= 4 is 35.3 Å². The standard InChI is InChI=1S/C63H113NO33/c65-57-1-2-58(66)63(57)96-61(69)5-7-71-9-11-73-13-15-75-17-19-77-21-23-79-25-27-81-29-31-83-33-35-85-37-39-87-41-43-89-45-47-91-49-51-93-53-55-95-56-54-94-52-50-92-48-46-90-44-42-88-40-38-86-36-34-84-32-30-82-28-26-80-24-22-78-20-18-76-16-14-74-12-10-72-8-6-62(70)97-64-59(67)3-4-60(64)68/h63H,1-56H2. The summed E-state index contributed by atoms with van der Waals surface area (Å²) in [7, 11) is 0. The lowest BCUT2D eigenvalue weighted by Crippen LogP contribution is -2.32. The second kappa shape index (κ2) is 72.2. The van der Waals surface area contributed by atoms with Gasteiger partial charge >= 0.3 is 11.9 Å². The zero-order chi connectivity index (χ0) is 69.3. The van der Waals surface area contributed by atoms with E-state index in [4.69, 9.17) is 128 Å². The molecule has 568 valence electrons. The Morgan fingerprint density at radius 2 is 0.361 bits per heavy atom. The first-order valence-corrected chi connectivity index (χ1v) is 33.6. The van der Waals surface area contributed by atoms with Gasteiger partial charge < -0.3 is 128 Å². The molecule has 0 aromatic carbocycles. The number of imide groups is 1. The van der Waals surface area contributed by atoms with Crippen LogP contribution in [-0.2, 0) is 157 Å². The highest BCUT2D eigenvalue weighted by Crippen LogP contribution is 2.15. The minimum Gasteiger partial charge on any atom is -0.446 e. The summed E-state index contributed by atoms with van der Waals surface area (Å²) in [5, 5.41) is 0.515. The first-order valence-electron chi connectivity index (χ1n) is 33.6. The van der Waals surface area contributed by atoms with Crippen LogP contribution in [0.5, 0.6) is 0 Å². The fourth-order valence-corrected chi connectivity index (χ4v) is 7.51. The third-order valence-corrected chi connectivity index (χ3v) is 12.5. The van der Waals surface area contributed by atoms with Gasteiger partial charge in [-0.3, -0.25) is 24.0 Å². The number of carbonyl (C=O) groups excluding carboxylic acids is 6. The van der Waals surface area contributed by atoms with E-state index in [1.165, 1.54) is 0 Å². The number of amides is 2. The predicted molar refractivity (Wildman–Crippen MR) is 336 cm³/mol. The summed E-state index contributed by atoms with van der Waals surface area (Å²) in [4.78, 5) is 74.2. The molecule has 97 heavy (non-hydrogen) atoms. The van der Waals surface area contributed by atoms with Gasteiger partial charge in [0, 0.05) is 25.7 Å². The van der Waals surface area contributed by atoms with Crippen LogP contribution in [0, 0.1) is 0 Å². The van der Waals surface area contributed by atoms with E-state index in [9.17, 15) is 28.8 Å². The molecule has 0 aromatic heterocycles. The molecule has 1 aliphatic carbocycles. The van der Waals surface area contributed by atoms with Gasteiger partial charge in [0.1, 0.15) is 0 Å². The number of hydrogen-bond donors (Lipinski definition) is 0. The number of ketones is 2. The van der Waals surface area contributed by atoms with Crippen molar-refractivity contribution in [2.24, 2.45) is 0 Å². The van der Waals surface area contributed by atoms with Crippen molar-refractivity contribution in [2.45, 2.75) is 44.6 Å². The monoisotopic (exact) mass is 1410 g/mol. The summed E-state index contributed by atoms with van der Waals surface area (Å²) in [6.45, 7) is 21.3. The summed E-state index contributed by atoms with van der Waals surface area (Å²) >= 11 is 0. The fourth-order valence-electron chi connectivity index (χ4n) is 7.51. The Hall–Kier alpha value is -3.58. The van der Waals surface area contributed by atoms with Crippen LogP contribution in [-0.4, -0.2) is 377 Å². The summed E-state index contributed by atoms with van der Waals surface area (Å²) in [5.74, 6) is -3.08. The number of ether oxygens (including phenoxy) is 26. The van der Waals surface area contributed by atoms with E-state index in [2.05, 4.69) is 0 Å². The van der Waals surface area contributed by atoms with Crippen molar-refractivity contribution in [1.29, 1.82) is 0 Å². The number of nitrogens with zero attached hydrogens (tertiary/aromatic N) is 1. The molecule has 2 amide bonds. The number of hydroxylamine groups is 2. The first-order chi connectivity index (χ1) is 47.9. The zero-order valence-electron chi connectivity index (χ0n) is 57.1. The molecule has 34 nitrogen and oxygen atoms in total. The molecule has 1 saturated carbocycles. The maximum atomic E-state index is 11.7. The second-order valence-corrected chi connectivity index (χ2v) is 20.2. The smallest absolute Gasteiger partial charge is 0.335 e. The summed E-state index contributed by atoms with van der Waals surface area (Å²) in [6, 6.07) is 0. The summed E-state index contributed by atoms with van der Waals surface area (Å²) in [5.41, 5.74) is 0. The molecule has 2 rings (SSSR count). The Morgan fingerprint density at radius 1 is 0.216 bits per heavy atom. The normalized spacial score (nSPS) is 13.6. The van der Waals surface area contributed by atoms with Gasteiger partial charge in [-0.15, -0.1) is 5.06 Å². The van der Waals surface area contributed by atoms with Crippen molar-refractivity contribution in [1.82, 2.24) is 5.06 Å². The highest BCUT2D eigenvalue weighted by Gasteiger charge is 2.36. The lowest BCUT2D eigenvalue weighted by Gasteiger charge is -2.12. The van der Waals surface area contributed by atoms with Crippen LogP contribution >= 0.6 is 0 Å². The highest BCUT2D eigenvalue weighted by molar-refractivity contribution is 6.12. The molecule has 1 saturated heterocycles. The topological polar surface area (TPSA) is 355 Å². The highest BCUT2D eigenvalue weighted by atomic mass is 16.7. The fraction of sp³-hybridized carbons (Fsp3) is 0.905. The lowest BCUT2D eigenvalue weighted by atomic mass is 10.3. The van der Waals surface area contributed by atoms with E-state index < -0.39 is 29.9 Å². The lowest BCUT2D eigenvalue weighted by molar-refractivity contribution is -0.198. The Morgan fingerprint density at radius 3 is 0.526 bits per heavy atom. The molecule has 0 radical (unpaired) electrons. The zero-order valence-corrected chi connectivity index (χ0v) is 57.1. The molecule has 1 heterocycles. The average molecular weight is 1410 g/mol. The van der Waals surface area contributed by atoms with Gasteiger partial charge in [0.2, 0.25) is 6.10 Å². The van der Waals surface area contributed by atoms with Gasteiger partial charge in [-0.2, -0.15) is 0 Å². The van der Waals surface area contributed by atoms with Crippen LogP contribution in [0.4, 0.5) is 0 Å². The molecule has 2 fully saturated rings. The van der Waals surface area contributed by atoms with Crippen molar-refractivity contribution in [3.63, 3.8) is 0 Å². The van der Waals surface area contributed by atoms with Gasteiger partial charge in [0.15, 0.2) is 11.6 Å². The van der Waals surface area contributed by atoms with E-state index in [-0.39, 0.29) is 76.5 Å². The van der Waals surface area contributed by atoms with E-state index >= 15 is 0 Å². The summed E-state index contributed by atoms with van der Waals surface area (Å²) < 4.78 is 142. The Balaban J connectivity index is 1.09. The number of carbonyl (C=O) groups is 6. The minimum absolute atomic E-state index is 0.0433. The molecule has 0 bridgehead atoms. The molecule has 2 aliphatic rings. The van der Waals surface area contributed by atoms with Crippen LogP contribution in [0.2, 0.25) is 0 Å². The second-order valence-electron chi connectivity index (χ2n) is 20.2. The molecule has 34 heteroatoms. The van der Waals surface area contributed by atoms with Gasteiger partial charge in [-0.05, 0) is 0 Å². The first kappa shape index (κ1) is 89.5. The Labute approximate surface area is 570 Å². The van der Waals surface area contributed by atoms with E-state index in [1.54, 1.807) is 0 Å². The minimum atomic E-state index is -1.25. The van der Waals surface area contributed by atoms with Crippen molar-refractivity contribution < 1.29 is 157 Å². The maximum absolute atomic E-state index is 11.7. The Kier molecular flexibility index (Phi) is 66.6. The Bertz CT molecular complexity index is 1660. The van der Waals surface area contributed by atoms with Gasteiger partial charge in [0.25, 0.3) is 11.8 Å². The van der Waals surface area contributed by atoms with Crippen LogP contribution < -0.4 is 0 Å². The van der Waals surface area contributed by atoms with Crippen LogP contribution in [0.15, 0.2) is 0 Å². The average Bonchev–Trinajstić information content (AvgIpc) is 2.08. The van der Waals surface area contributed by atoms with Gasteiger partial charge in [-0.1, -0.05) is 0 Å². The maximum Gasteiger partial charge on any atom is 0.335 e. The third-order valence-electron chi connectivity index (χ3n) is 12.5. The van der Waals surface area contributed by atoms with Gasteiger partial charge in [-0.25, -0.2) is 4.79 Å². The van der Waals surface area contributed by atoms with Gasteiger partial charge in [0.05, 0.1) is 343 Å². The quantitative estimate of drug-likeness (QED) is 0.0324. The number of Topliss-reactive ketones (excluding diaryl/α,β-unsaturated/α-hetero) is 2. The van der Waals surface area contributed by atoms with Crippen molar-refractivity contribution in [3.05, 3.63) is 0 Å². The van der Waals surface area contributed by atoms with E-state index in [0.29, 0.717) is 309 Å². The molecular formula is C63H113NO33. The third kappa shape index (κ3) is 62.0. The van der Waals surface area contributed by atoms with E-state index in [0.717, 1.165) is 0 Å². The largest absolute Gasteiger partial charge is 0.446 e. The molecule has 1 aliphatic heterocycles. The number of hydrogen-bond acceptors (Lipinski definition) is 33. The van der Waals surface area contributed by atoms with Crippen LogP contribution in [0.3, 0.4) is 0 Å². The number of rotatable bonds is 80.